The number of nitrogens with one attached hydrogen (secondary N) is 2. The van der Waals surface area contributed by atoms with Crippen LogP contribution in [0.2, 0.25) is 0 Å². The Hall–Kier alpha value is -1.67. The van der Waals surface area contributed by atoms with Gasteiger partial charge in [-0.25, -0.2) is 4.79 Å². The first kappa shape index (κ1) is 22.1. The summed E-state index contributed by atoms with van der Waals surface area (Å²) in [4.78, 5) is 15.5. The number of likely N-dealkylation sites (tertiary alicyclic amines) is 1. The van der Waals surface area contributed by atoms with Gasteiger partial charge in [0.15, 0.2) is 0 Å². The number of hydrogen-bond acceptors (Lipinski definition) is 5. The number of nitrogens with zero attached hydrogens (tertiary/aromatic N) is 3. The Kier molecular flexibility index (Phi) is 6.97. The van der Waals surface area contributed by atoms with Gasteiger partial charge in [0.05, 0.1) is 23.2 Å². The van der Waals surface area contributed by atoms with Gasteiger partial charge < -0.3 is 15.4 Å². The molecule has 1 atom stereocenters. The van der Waals surface area contributed by atoms with Crippen LogP contribution >= 0.6 is 0 Å². The first-order valence-corrected chi connectivity index (χ1v) is 12.6. The fraction of sp³-hybridized carbons (Fsp3) is 0.720. The number of aromatic nitrogens is 2. The van der Waals surface area contributed by atoms with Crippen LogP contribution < -0.4 is 16.3 Å². The van der Waals surface area contributed by atoms with E-state index in [1.807, 2.05) is 16.2 Å². The smallest absolute Gasteiger partial charge is 0.329 e. The fourth-order valence-corrected chi connectivity index (χ4v) is 5.73. The quantitative estimate of drug-likeness (QED) is 0.720. The van der Waals surface area contributed by atoms with E-state index < -0.39 is 0 Å². The lowest BCUT2D eigenvalue weighted by Crippen LogP contribution is -2.38. The number of rotatable bonds is 6. The van der Waals surface area contributed by atoms with Crippen molar-refractivity contribution in [1.29, 1.82) is 0 Å². The highest BCUT2D eigenvalue weighted by Gasteiger charge is 2.24. The predicted molar refractivity (Wildman–Crippen MR) is 128 cm³/mol. The summed E-state index contributed by atoms with van der Waals surface area (Å²) < 4.78 is 10.1. The highest BCUT2D eigenvalue weighted by Crippen LogP contribution is 2.24. The second kappa shape index (κ2) is 10.1. The van der Waals surface area contributed by atoms with Gasteiger partial charge in [0.1, 0.15) is 0 Å². The summed E-state index contributed by atoms with van der Waals surface area (Å²) in [7, 11) is 1.91. The van der Waals surface area contributed by atoms with Crippen molar-refractivity contribution in [3.05, 3.63) is 34.2 Å². The minimum absolute atomic E-state index is 0.109. The Labute approximate surface area is 191 Å². The van der Waals surface area contributed by atoms with Crippen LogP contribution in [0.5, 0.6) is 0 Å². The molecule has 1 aromatic heterocycles. The van der Waals surface area contributed by atoms with Gasteiger partial charge in [-0.2, -0.15) is 0 Å². The van der Waals surface area contributed by atoms with Gasteiger partial charge >= 0.3 is 5.69 Å². The zero-order chi connectivity index (χ0) is 21.9. The first-order chi connectivity index (χ1) is 15.7. The van der Waals surface area contributed by atoms with Gasteiger partial charge in [0, 0.05) is 39.8 Å². The SMILES string of the molecule is Cn1c(=O)n(C2CCCNC2)c2ccc(CN3CCC(OCC4CCNCC4)CC3)cc21. The average molecular weight is 442 g/mol. The number of aryl methyl sites for hydroxylation is 1. The van der Waals surface area contributed by atoms with E-state index in [1.165, 1.54) is 18.4 Å². The molecule has 2 aromatic rings. The van der Waals surface area contributed by atoms with E-state index in [-0.39, 0.29) is 11.7 Å². The molecule has 32 heavy (non-hydrogen) atoms. The average Bonchev–Trinajstić information content (AvgIpc) is 3.09. The fourth-order valence-electron chi connectivity index (χ4n) is 5.73. The standard InChI is InChI=1S/C25H39N5O2/c1-28-24-15-20(4-5-23(24)30(25(28)31)21-3-2-10-27-16-21)17-29-13-8-22(9-14-29)32-18-19-6-11-26-12-7-19/h4-5,15,19,21-22,26-27H,2-3,6-14,16-18H2,1H3. The van der Waals surface area contributed by atoms with Crippen LogP contribution in [0.1, 0.15) is 50.1 Å². The van der Waals surface area contributed by atoms with Crippen LogP contribution in [0.4, 0.5) is 0 Å². The first-order valence-electron chi connectivity index (χ1n) is 12.6. The third kappa shape index (κ3) is 4.81. The Balaban J connectivity index is 1.19. The van der Waals surface area contributed by atoms with Gasteiger partial charge in [-0.15, -0.1) is 0 Å². The molecule has 0 bridgehead atoms. The van der Waals surface area contributed by atoms with Crippen LogP contribution in [-0.4, -0.2) is 66.0 Å². The Morgan fingerprint density at radius 3 is 2.56 bits per heavy atom. The van der Waals surface area contributed by atoms with E-state index >= 15 is 0 Å². The number of imidazole rings is 1. The summed E-state index contributed by atoms with van der Waals surface area (Å²) in [6.45, 7) is 8.28. The molecule has 1 unspecified atom stereocenters. The van der Waals surface area contributed by atoms with Crippen LogP contribution in [0.25, 0.3) is 11.0 Å². The normalized spacial score (nSPS) is 24.3. The second-order valence-corrected chi connectivity index (χ2v) is 10.0. The van der Waals surface area contributed by atoms with E-state index in [1.54, 1.807) is 0 Å². The van der Waals surface area contributed by atoms with Gasteiger partial charge in [0.25, 0.3) is 0 Å². The molecule has 7 nitrogen and oxygen atoms in total. The van der Waals surface area contributed by atoms with E-state index in [0.29, 0.717) is 6.10 Å². The molecule has 0 aliphatic carbocycles. The second-order valence-electron chi connectivity index (χ2n) is 10.0. The Bertz CT molecular complexity index is 947. The van der Waals surface area contributed by atoms with E-state index in [9.17, 15) is 4.79 Å². The summed E-state index contributed by atoms with van der Waals surface area (Å²) in [6, 6.07) is 6.86. The summed E-state index contributed by atoms with van der Waals surface area (Å²) in [5.74, 6) is 0.740. The maximum absolute atomic E-state index is 13.0. The van der Waals surface area contributed by atoms with Gasteiger partial charge in [0.2, 0.25) is 0 Å². The van der Waals surface area contributed by atoms with E-state index in [4.69, 9.17) is 4.74 Å². The monoisotopic (exact) mass is 441 g/mol. The minimum Gasteiger partial charge on any atom is -0.378 e. The van der Waals surface area contributed by atoms with Crippen molar-refractivity contribution < 1.29 is 4.74 Å². The highest BCUT2D eigenvalue weighted by molar-refractivity contribution is 5.77. The molecule has 0 spiro atoms. The molecular formula is C25H39N5O2. The molecule has 3 saturated heterocycles. The van der Waals surface area contributed by atoms with Gasteiger partial charge in [-0.3, -0.25) is 14.0 Å². The third-order valence-corrected chi connectivity index (χ3v) is 7.76. The van der Waals surface area contributed by atoms with Crippen LogP contribution in [-0.2, 0) is 18.3 Å². The number of benzene rings is 1. The Morgan fingerprint density at radius 1 is 1.00 bits per heavy atom. The summed E-state index contributed by atoms with van der Waals surface area (Å²) >= 11 is 0. The maximum Gasteiger partial charge on any atom is 0.329 e. The van der Waals surface area contributed by atoms with Crippen molar-refractivity contribution in [2.45, 2.75) is 57.2 Å². The molecule has 3 fully saturated rings. The summed E-state index contributed by atoms with van der Waals surface area (Å²) in [6.07, 6.45) is 7.37. The highest BCUT2D eigenvalue weighted by atomic mass is 16.5. The van der Waals surface area contributed by atoms with Crippen molar-refractivity contribution in [1.82, 2.24) is 24.7 Å². The molecule has 2 N–H and O–H groups in total. The zero-order valence-electron chi connectivity index (χ0n) is 19.5. The van der Waals surface area contributed by atoms with Crippen molar-refractivity contribution in [3.8, 4) is 0 Å². The van der Waals surface area contributed by atoms with Crippen molar-refractivity contribution >= 4 is 11.0 Å². The molecule has 3 aliphatic rings. The number of ether oxygens (including phenoxy) is 1. The number of fused-ring (bicyclic) bond motifs is 1. The molecule has 0 radical (unpaired) electrons. The topological polar surface area (TPSA) is 63.5 Å². The van der Waals surface area contributed by atoms with Crippen molar-refractivity contribution in [2.24, 2.45) is 13.0 Å². The lowest BCUT2D eigenvalue weighted by Gasteiger charge is -2.33. The molecule has 1 aromatic carbocycles. The van der Waals surface area contributed by atoms with E-state index in [2.05, 4.69) is 33.7 Å². The largest absolute Gasteiger partial charge is 0.378 e. The Morgan fingerprint density at radius 2 is 1.81 bits per heavy atom. The van der Waals surface area contributed by atoms with Crippen molar-refractivity contribution in [3.63, 3.8) is 0 Å². The molecular weight excluding hydrogens is 402 g/mol. The molecule has 3 aliphatic heterocycles. The molecule has 7 heteroatoms. The van der Waals surface area contributed by atoms with Gasteiger partial charge in [-0.05, 0) is 81.8 Å². The molecule has 4 heterocycles. The molecule has 0 saturated carbocycles. The maximum atomic E-state index is 13.0. The van der Waals surface area contributed by atoms with Crippen LogP contribution in [0.3, 0.4) is 0 Å². The molecule has 176 valence electrons. The molecule has 0 amide bonds. The number of hydrogen-bond donors (Lipinski definition) is 2. The van der Waals surface area contributed by atoms with Crippen LogP contribution in [0.15, 0.2) is 23.0 Å². The lowest BCUT2D eigenvalue weighted by molar-refractivity contribution is -0.0147. The van der Waals surface area contributed by atoms with E-state index in [0.717, 1.165) is 95.1 Å². The molecule has 5 rings (SSSR count). The lowest BCUT2D eigenvalue weighted by atomic mass is 9.99. The minimum atomic E-state index is 0.109. The summed E-state index contributed by atoms with van der Waals surface area (Å²) in [5, 5.41) is 6.87. The number of piperidine rings is 3. The van der Waals surface area contributed by atoms with Crippen molar-refractivity contribution in [2.75, 3.05) is 45.9 Å². The zero-order valence-corrected chi connectivity index (χ0v) is 19.5. The van der Waals surface area contributed by atoms with Gasteiger partial charge in [-0.1, -0.05) is 6.07 Å². The van der Waals surface area contributed by atoms with Crippen LogP contribution in [0, 0.1) is 5.92 Å². The predicted octanol–water partition coefficient (Wildman–Crippen LogP) is 2.25. The third-order valence-electron chi connectivity index (χ3n) is 7.76. The summed E-state index contributed by atoms with van der Waals surface area (Å²) in [5.41, 5.74) is 3.52.